The summed E-state index contributed by atoms with van der Waals surface area (Å²) in [6.07, 6.45) is 2.35. The molecule has 0 bridgehead atoms. The first-order valence-electron chi connectivity index (χ1n) is 5.25. The molecule has 1 saturated heterocycles. The van der Waals surface area contributed by atoms with Gasteiger partial charge in [-0.25, -0.2) is 0 Å². The van der Waals surface area contributed by atoms with E-state index in [4.69, 9.17) is 4.74 Å². The molecule has 0 radical (unpaired) electrons. The Kier molecular flexibility index (Phi) is 3.29. The second kappa shape index (κ2) is 4.11. The van der Waals surface area contributed by atoms with Crippen molar-refractivity contribution in [3.8, 4) is 0 Å². The summed E-state index contributed by atoms with van der Waals surface area (Å²) < 4.78 is 5.04. The van der Waals surface area contributed by atoms with Crippen molar-refractivity contribution in [3.05, 3.63) is 0 Å². The molecule has 0 aromatic carbocycles. The Labute approximate surface area is 84.8 Å². The molecule has 1 aliphatic rings. The number of rotatable bonds is 5. The van der Waals surface area contributed by atoms with Crippen LogP contribution in [-0.4, -0.2) is 17.4 Å². The van der Waals surface area contributed by atoms with Crippen molar-refractivity contribution in [3.63, 3.8) is 0 Å². The van der Waals surface area contributed by atoms with Gasteiger partial charge in [0.1, 0.15) is 0 Å². The van der Waals surface area contributed by atoms with E-state index < -0.39 is 5.60 Å². The van der Waals surface area contributed by atoms with E-state index in [9.17, 15) is 9.59 Å². The predicted molar refractivity (Wildman–Crippen MR) is 52.8 cm³/mol. The van der Waals surface area contributed by atoms with Gasteiger partial charge in [-0.15, -0.1) is 0 Å². The molecule has 0 spiro atoms. The van der Waals surface area contributed by atoms with Gasteiger partial charge in [0.2, 0.25) is 0 Å². The van der Waals surface area contributed by atoms with Gasteiger partial charge >= 0.3 is 5.97 Å². The largest absolute Gasteiger partial charge is 0.450 e. The third-order valence-corrected chi connectivity index (χ3v) is 2.69. The van der Waals surface area contributed by atoms with E-state index in [1.165, 1.54) is 0 Å². The number of cyclic esters (lactones) is 1. The SMILES string of the molecule is CCC(=O)[C@@]1(CCC(C)C)CC(=O)O1. The molecule has 0 aromatic rings. The maximum Gasteiger partial charge on any atom is 0.311 e. The third kappa shape index (κ3) is 2.14. The number of ketones is 1. The highest BCUT2D eigenvalue weighted by atomic mass is 16.6. The number of hydrogen-bond acceptors (Lipinski definition) is 3. The lowest BCUT2D eigenvalue weighted by molar-refractivity contribution is -0.196. The minimum atomic E-state index is -0.754. The summed E-state index contributed by atoms with van der Waals surface area (Å²) in [6.45, 7) is 6.01. The fourth-order valence-corrected chi connectivity index (χ4v) is 1.72. The Morgan fingerprint density at radius 1 is 1.57 bits per heavy atom. The zero-order valence-corrected chi connectivity index (χ0v) is 9.13. The van der Waals surface area contributed by atoms with Crippen LogP contribution in [0.3, 0.4) is 0 Å². The molecule has 3 heteroatoms. The summed E-state index contributed by atoms with van der Waals surface area (Å²) in [5.74, 6) is 0.365. The van der Waals surface area contributed by atoms with Gasteiger partial charge in [-0.05, 0) is 18.8 Å². The van der Waals surface area contributed by atoms with Crippen molar-refractivity contribution < 1.29 is 14.3 Å². The van der Waals surface area contributed by atoms with E-state index in [1.807, 2.05) is 6.92 Å². The predicted octanol–water partition coefficient (Wildman–Crippen LogP) is 2.09. The van der Waals surface area contributed by atoms with Crippen LogP contribution in [0.5, 0.6) is 0 Å². The Balaban J connectivity index is 2.55. The smallest absolute Gasteiger partial charge is 0.311 e. The van der Waals surface area contributed by atoms with Crippen molar-refractivity contribution >= 4 is 11.8 Å². The third-order valence-electron chi connectivity index (χ3n) is 2.69. The van der Waals surface area contributed by atoms with Gasteiger partial charge in [-0.1, -0.05) is 20.8 Å². The van der Waals surface area contributed by atoms with Crippen LogP contribution >= 0.6 is 0 Å². The molecule has 1 aliphatic heterocycles. The van der Waals surface area contributed by atoms with E-state index in [-0.39, 0.29) is 18.2 Å². The highest BCUT2D eigenvalue weighted by Crippen LogP contribution is 2.35. The second-order valence-electron chi connectivity index (χ2n) is 4.35. The first-order chi connectivity index (χ1) is 6.50. The quantitative estimate of drug-likeness (QED) is 0.635. The molecule has 1 heterocycles. The van der Waals surface area contributed by atoms with Crippen LogP contribution in [0.15, 0.2) is 0 Å². The summed E-state index contributed by atoms with van der Waals surface area (Å²) in [7, 11) is 0. The zero-order chi connectivity index (χ0) is 10.8. The summed E-state index contributed by atoms with van der Waals surface area (Å²) in [5.41, 5.74) is -0.754. The molecule has 1 atom stereocenters. The highest BCUT2D eigenvalue weighted by Gasteiger charge is 2.50. The van der Waals surface area contributed by atoms with E-state index in [0.29, 0.717) is 18.8 Å². The number of carbonyl (C=O) groups is 2. The molecular formula is C11H18O3. The molecule has 14 heavy (non-hydrogen) atoms. The molecular weight excluding hydrogens is 180 g/mol. The molecule has 0 saturated carbocycles. The van der Waals surface area contributed by atoms with Gasteiger partial charge in [0.05, 0.1) is 6.42 Å². The number of esters is 1. The Hall–Kier alpha value is -0.860. The van der Waals surface area contributed by atoms with E-state index in [0.717, 1.165) is 6.42 Å². The Bertz CT molecular complexity index is 235. The second-order valence-corrected chi connectivity index (χ2v) is 4.35. The van der Waals surface area contributed by atoms with Gasteiger partial charge < -0.3 is 4.74 Å². The molecule has 0 unspecified atom stereocenters. The Morgan fingerprint density at radius 2 is 2.14 bits per heavy atom. The van der Waals surface area contributed by atoms with Crippen LogP contribution < -0.4 is 0 Å². The van der Waals surface area contributed by atoms with Crippen molar-refractivity contribution in [2.24, 2.45) is 5.92 Å². The molecule has 0 aliphatic carbocycles. The summed E-state index contributed by atoms with van der Waals surface area (Å²) in [6, 6.07) is 0. The van der Waals surface area contributed by atoms with Crippen LogP contribution in [0.2, 0.25) is 0 Å². The van der Waals surface area contributed by atoms with Gasteiger partial charge in [0.25, 0.3) is 0 Å². The monoisotopic (exact) mass is 198 g/mol. The van der Waals surface area contributed by atoms with E-state index in [2.05, 4.69) is 13.8 Å². The van der Waals surface area contributed by atoms with Crippen molar-refractivity contribution in [2.45, 2.75) is 52.1 Å². The number of hydrogen-bond donors (Lipinski definition) is 0. The minimum Gasteiger partial charge on any atom is -0.450 e. The first kappa shape index (κ1) is 11.2. The first-order valence-corrected chi connectivity index (χ1v) is 5.25. The van der Waals surface area contributed by atoms with Gasteiger partial charge in [0, 0.05) is 6.42 Å². The molecule has 0 aromatic heterocycles. The van der Waals surface area contributed by atoms with Crippen LogP contribution in [0.25, 0.3) is 0 Å². The molecule has 0 N–H and O–H groups in total. The van der Waals surface area contributed by atoms with Gasteiger partial charge in [-0.2, -0.15) is 0 Å². The summed E-state index contributed by atoms with van der Waals surface area (Å²) in [5, 5.41) is 0. The maximum atomic E-state index is 11.6. The minimum absolute atomic E-state index is 0.0674. The van der Waals surface area contributed by atoms with Crippen molar-refractivity contribution in [2.75, 3.05) is 0 Å². The van der Waals surface area contributed by atoms with Gasteiger partial charge in [0.15, 0.2) is 11.4 Å². The number of carbonyl (C=O) groups excluding carboxylic acids is 2. The number of Topliss-reactive ketones (excluding diaryl/α,β-unsaturated/α-hetero) is 1. The average Bonchev–Trinajstić information content (AvgIpc) is 2.08. The van der Waals surface area contributed by atoms with Crippen LogP contribution in [0.4, 0.5) is 0 Å². The highest BCUT2D eigenvalue weighted by molar-refractivity contribution is 5.97. The fourth-order valence-electron chi connectivity index (χ4n) is 1.72. The summed E-state index contributed by atoms with van der Waals surface area (Å²) in [4.78, 5) is 22.4. The number of ether oxygens (including phenoxy) is 1. The van der Waals surface area contributed by atoms with Crippen LogP contribution in [0.1, 0.15) is 46.5 Å². The van der Waals surface area contributed by atoms with Crippen LogP contribution in [-0.2, 0) is 14.3 Å². The molecule has 1 fully saturated rings. The zero-order valence-electron chi connectivity index (χ0n) is 9.13. The summed E-state index contributed by atoms with van der Waals surface area (Å²) >= 11 is 0. The average molecular weight is 198 g/mol. The van der Waals surface area contributed by atoms with E-state index in [1.54, 1.807) is 0 Å². The lowest BCUT2D eigenvalue weighted by atomic mass is 9.82. The molecule has 80 valence electrons. The lowest BCUT2D eigenvalue weighted by Gasteiger charge is -2.39. The lowest BCUT2D eigenvalue weighted by Crippen LogP contribution is -2.53. The van der Waals surface area contributed by atoms with Gasteiger partial charge in [-0.3, -0.25) is 9.59 Å². The molecule has 3 nitrogen and oxygen atoms in total. The molecule has 0 amide bonds. The van der Waals surface area contributed by atoms with E-state index >= 15 is 0 Å². The van der Waals surface area contributed by atoms with Crippen LogP contribution in [0, 0.1) is 5.92 Å². The Morgan fingerprint density at radius 3 is 2.50 bits per heavy atom. The topological polar surface area (TPSA) is 43.4 Å². The fraction of sp³-hybridized carbons (Fsp3) is 0.818. The molecule has 1 rings (SSSR count). The standard InChI is InChI=1S/C11H18O3/c1-4-9(12)11(6-5-8(2)3)7-10(13)14-11/h8H,4-7H2,1-3H3/t11-/m1/s1. The maximum absolute atomic E-state index is 11.6. The van der Waals surface area contributed by atoms with Crippen molar-refractivity contribution in [1.29, 1.82) is 0 Å². The van der Waals surface area contributed by atoms with Crippen molar-refractivity contribution in [1.82, 2.24) is 0 Å². The normalized spacial score (nSPS) is 25.9.